The Hall–Kier alpha value is -2.74. The number of rotatable bonds is 35. The van der Waals surface area contributed by atoms with Crippen molar-refractivity contribution in [1.29, 1.82) is 0 Å². The van der Waals surface area contributed by atoms with Crippen LogP contribution in [-0.4, -0.2) is 58.8 Å². The average Bonchev–Trinajstić information content (AvgIpc) is 3.12. The van der Waals surface area contributed by atoms with Crippen LogP contribution in [0.3, 0.4) is 0 Å². The van der Waals surface area contributed by atoms with E-state index in [2.05, 4.69) is 13.8 Å². The lowest BCUT2D eigenvalue weighted by atomic mass is 10.0. The molecule has 0 fully saturated rings. The highest BCUT2D eigenvalue weighted by Gasteiger charge is 2.12. The molecule has 0 aliphatic rings. The largest absolute Gasteiger partial charge is 0.463 e. The van der Waals surface area contributed by atoms with E-state index in [1.807, 2.05) is 48.6 Å². The monoisotopic (exact) mass is 715 g/mol. The standard InChI is InChI=1S/C44H74O7/c1-3-5-7-8-9-10-11-12-13-14-15-16-17-21-24-30-36-43(48)50-38-42(47)39-51-44(49)37-31-25-29-35-41(46)34-28-23-20-18-19-22-27-33-40(45)32-26-6-4-2/h6,19-20,22-23,26-29,33-35,40-42,45-47H,3-5,7-18,21,24-25,30-32,36-39H2,1-2H3/b22-19-,23-20-,26-6-,33-27+,34-28+,35-29-/t40-,41-,42+/m1/s1. The molecule has 0 aromatic rings. The van der Waals surface area contributed by atoms with Crippen molar-refractivity contribution < 1.29 is 34.4 Å². The van der Waals surface area contributed by atoms with Gasteiger partial charge >= 0.3 is 11.9 Å². The van der Waals surface area contributed by atoms with Crippen LogP contribution in [0.5, 0.6) is 0 Å². The molecule has 0 spiro atoms. The summed E-state index contributed by atoms with van der Waals surface area (Å²) in [5.74, 6) is -0.743. The van der Waals surface area contributed by atoms with Gasteiger partial charge in [0.1, 0.15) is 19.3 Å². The predicted octanol–water partition coefficient (Wildman–Crippen LogP) is 10.5. The van der Waals surface area contributed by atoms with Crippen LogP contribution in [0.25, 0.3) is 0 Å². The van der Waals surface area contributed by atoms with Gasteiger partial charge in [-0.15, -0.1) is 0 Å². The van der Waals surface area contributed by atoms with Crippen molar-refractivity contribution in [2.24, 2.45) is 0 Å². The molecule has 0 saturated heterocycles. The lowest BCUT2D eigenvalue weighted by Gasteiger charge is -2.12. The van der Waals surface area contributed by atoms with Gasteiger partial charge in [-0.2, -0.15) is 0 Å². The van der Waals surface area contributed by atoms with E-state index in [4.69, 9.17) is 9.47 Å². The highest BCUT2D eigenvalue weighted by Crippen LogP contribution is 2.14. The molecule has 7 heteroatoms. The first-order chi connectivity index (χ1) is 24.9. The summed E-state index contributed by atoms with van der Waals surface area (Å²) in [6.45, 7) is 3.95. The number of unbranched alkanes of at least 4 members (excludes halogenated alkanes) is 16. The molecule has 0 aliphatic heterocycles. The second kappa shape index (κ2) is 38.5. The quantitative estimate of drug-likeness (QED) is 0.0259. The molecule has 0 heterocycles. The fraction of sp³-hybridized carbons (Fsp3) is 0.682. The third-order valence-corrected chi connectivity index (χ3v) is 8.38. The molecule has 3 N–H and O–H groups in total. The van der Waals surface area contributed by atoms with Crippen LogP contribution >= 0.6 is 0 Å². The van der Waals surface area contributed by atoms with E-state index in [9.17, 15) is 24.9 Å². The molecule has 7 nitrogen and oxygen atoms in total. The molecule has 0 saturated carbocycles. The van der Waals surface area contributed by atoms with E-state index in [0.717, 1.165) is 32.1 Å². The van der Waals surface area contributed by atoms with Gasteiger partial charge in [-0.1, -0.05) is 183 Å². The van der Waals surface area contributed by atoms with Gasteiger partial charge in [0.25, 0.3) is 0 Å². The molecule has 51 heavy (non-hydrogen) atoms. The first-order valence-corrected chi connectivity index (χ1v) is 20.2. The fourth-order valence-corrected chi connectivity index (χ4v) is 5.30. The molecular weight excluding hydrogens is 640 g/mol. The molecule has 3 atom stereocenters. The van der Waals surface area contributed by atoms with Gasteiger partial charge in [-0.05, 0) is 38.5 Å². The molecule has 0 aliphatic carbocycles. The average molecular weight is 715 g/mol. The maximum absolute atomic E-state index is 12.0. The highest BCUT2D eigenvalue weighted by molar-refractivity contribution is 5.69. The van der Waals surface area contributed by atoms with E-state index < -0.39 is 24.3 Å². The summed E-state index contributed by atoms with van der Waals surface area (Å²) < 4.78 is 10.2. The second-order valence-electron chi connectivity index (χ2n) is 13.4. The number of carbonyl (C=O) groups is 2. The van der Waals surface area contributed by atoms with E-state index in [-0.39, 0.29) is 25.6 Å². The smallest absolute Gasteiger partial charge is 0.305 e. The van der Waals surface area contributed by atoms with Crippen molar-refractivity contribution >= 4 is 11.9 Å². The molecule has 292 valence electrons. The molecule has 0 aromatic carbocycles. The van der Waals surface area contributed by atoms with E-state index in [1.165, 1.54) is 83.5 Å². The summed E-state index contributed by atoms with van der Waals surface area (Å²) in [6.07, 6.45) is 44.6. The van der Waals surface area contributed by atoms with Crippen molar-refractivity contribution in [3.63, 3.8) is 0 Å². The molecule has 0 rings (SSSR count). The van der Waals surface area contributed by atoms with Crippen LogP contribution in [0.2, 0.25) is 0 Å². The summed E-state index contributed by atoms with van der Waals surface area (Å²) in [4.78, 5) is 23.9. The Labute approximate surface area is 311 Å². The zero-order valence-corrected chi connectivity index (χ0v) is 32.3. The Morgan fingerprint density at radius 3 is 1.55 bits per heavy atom. The predicted molar refractivity (Wildman–Crippen MR) is 212 cm³/mol. The minimum Gasteiger partial charge on any atom is -0.463 e. The molecule has 0 aromatic heterocycles. The number of hydrogen-bond acceptors (Lipinski definition) is 7. The molecule has 0 unspecified atom stereocenters. The Balaban J connectivity index is 3.70. The van der Waals surface area contributed by atoms with Gasteiger partial charge in [-0.3, -0.25) is 9.59 Å². The summed E-state index contributed by atoms with van der Waals surface area (Å²) in [5.41, 5.74) is 0. The van der Waals surface area contributed by atoms with Crippen LogP contribution < -0.4 is 0 Å². The van der Waals surface area contributed by atoms with Crippen LogP contribution in [0.4, 0.5) is 0 Å². The Morgan fingerprint density at radius 2 is 1.02 bits per heavy atom. The van der Waals surface area contributed by atoms with Crippen LogP contribution in [0.15, 0.2) is 72.9 Å². The van der Waals surface area contributed by atoms with Crippen LogP contribution in [0, 0.1) is 0 Å². The highest BCUT2D eigenvalue weighted by atomic mass is 16.6. The van der Waals surface area contributed by atoms with Gasteiger partial charge in [0.05, 0.1) is 12.2 Å². The molecule has 0 amide bonds. The molecule has 0 bridgehead atoms. The lowest BCUT2D eigenvalue weighted by Crippen LogP contribution is -2.25. The number of ether oxygens (including phenoxy) is 2. The van der Waals surface area contributed by atoms with E-state index >= 15 is 0 Å². The SMILES string of the molecule is CC/C=C\C[C@@H](O)/C=C/C=C\C/C=C\C=C\[C@@H](O)/C=C\CCCC(=O)OC[C@@H](O)COC(=O)CCCCCCCCCCCCCCCCCC. The summed E-state index contributed by atoms with van der Waals surface area (Å²) in [5, 5.41) is 29.8. The Morgan fingerprint density at radius 1 is 0.529 bits per heavy atom. The summed E-state index contributed by atoms with van der Waals surface area (Å²) >= 11 is 0. The number of allylic oxidation sites excluding steroid dienone is 8. The number of esters is 2. The van der Waals surface area contributed by atoms with Crippen molar-refractivity contribution in [3.8, 4) is 0 Å². The van der Waals surface area contributed by atoms with Gasteiger partial charge in [0, 0.05) is 12.8 Å². The number of aliphatic hydroxyl groups is 3. The molecular formula is C44H74O7. The third kappa shape index (κ3) is 38.3. The normalized spacial score (nSPS) is 14.2. The first-order valence-electron chi connectivity index (χ1n) is 20.2. The van der Waals surface area contributed by atoms with Gasteiger partial charge < -0.3 is 24.8 Å². The topological polar surface area (TPSA) is 113 Å². The third-order valence-electron chi connectivity index (χ3n) is 8.38. The van der Waals surface area contributed by atoms with E-state index in [0.29, 0.717) is 25.7 Å². The maximum Gasteiger partial charge on any atom is 0.305 e. The second-order valence-corrected chi connectivity index (χ2v) is 13.4. The summed E-state index contributed by atoms with van der Waals surface area (Å²) in [6, 6.07) is 0. The van der Waals surface area contributed by atoms with E-state index in [1.54, 1.807) is 24.3 Å². The van der Waals surface area contributed by atoms with Gasteiger partial charge in [0.15, 0.2) is 0 Å². The van der Waals surface area contributed by atoms with Crippen molar-refractivity contribution in [3.05, 3.63) is 72.9 Å². The lowest BCUT2D eigenvalue weighted by molar-refractivity contribution is -0.152. The Kier molecular flexibility index (Phi) is 36.4. The van der Waals surface area contributed by atoms with Crippen molar-refractivity contribution in [2.45, 2.75) is 180 Å². The van der Waals surface area contributed by atoms with Gasteiger partial charge in [0.2, 0.25) is 0 Å². The van der Waals surface area contributed by atoms with Gasteiger partial charge in [-0.25, -0.2) is 0 Å². The van der Waals surface area contributed by atoms with Crippen molar-refractivity contribution in [2.75, 3.05) is 13.2 Å². The molecule has 0 radical (unpaired) electrons. The number of hydrogen-bond donors (Lipinski definition) is 3. The fourth-order valence-electron chi connectivity index (χ4n) is 5.30. The minimum absolute atomic E-state index is 0.176. The number of aliphatic hydroxyl groups excluding tert-OH is 3. The maximum atomic E-state index is 12.0. The van der Waals surface area contributed by atoms with Crippen LogP contribution in [0.1, 0.15) is 162 Å². The Bertz CT molecular complexity index is 978. The van der Waals surface area contributed by atoms with Crippen molar-refractivity contribution in [1.82, 2.24) is 0 Å². The zero-order valence-electron chi connectivity index (χ0n) is 32.3. The summed E-state index contributed by atoms with van der Waals surface area (Å²) in [7, 11) is 0. The first kappa shape index (κ1) is 48.3. The van der Waals surface area contributed by atoms with Crippen LogP contribution in [-0.2, 0) is 19.1 Å². The zero-order chi connectivity index (χ0) is 37.5. The minimum atomic E-state index is -1.04. The number of carbonyl (C=O) groups excluding carboxylic acids is 2.